The van der Waals surface area contributed by atoms with Gasteiger partial charge in [-0.15, -0.1) is 0 Å². The van der Waals surface area contributed by atoms with Crippen molar-refractivity contribution in [3.05, 3.63) is 29.8 Å². The van der Waals surface area contributed by atoms with Crippen LogP contribution in [-0.4, -0.2) is 69.6 Å². The highest BCUT2D eigenvalue weighted by atomic mass is 32.2. The predicted octanol–water partition coefficient (Wildman–Crippen LogP) is 0.576. The Morgan fingerprint density at radius 2 is 2.00 bits per heavy atom. The number of nitrogens with one attached hydrogen (secondary N) is 1. The molecule has 0 unspecified atom stereocenters. The van der Waals surface area contributed by atoms with E-state index in [1.54, 1.807) is 23.9 Å². The van der Waals surface area contributed by atoms with Crippen LogP contribution in [0, 0.1) is 0 Å². The molecule has 154 valence electrons. The summed E-state index contributed by atoms with van der Waals surface area (Å²) in [7, 11) is 0. The van der Waals surface area contributed by atoms with Gasteiger partial charge in [0.1, 0.15) is 17.8 Å². The minimum Gasteiger partial charge on any atom is -0.508 e. The largest absolute Gasteiger partial charge is 0.508 e. The quantitative estimate of drug-likeness (QED) is 0.469. The van der Waals surface area contributed by atoms with Crippen LogP contribution in [0.2, 0.25) is 0 Å². The van der Waals surface area contributed by atoms with Gasteiger partial charge in [-0.25, -0.2) is 4.79 Å². The van der Waals surface area contributed by atoms with Gasteiger partial charge >= 0.3 is 5.97 Å². The van der Waals surface area contributed by atoms with Gasteiger partial charge in [0, 0.05) is 6.54 Å². The maximum Gasteiger partial charge on any atom is 0.326 e. The number of carbonyl (C=O) groups is 3. The fraction of sp³-hybridized carbons (Fsp3) is 0.526. The molecular weight excluding hydrogens is 382 g/mol. The summed E-state index contributed by atoms with van der Waals surface area (Å²) < 4.78 is 0. The number of benzene rings is 1. The van der Waals surface area contributed by atoms with Crippen LogP contribution in [0.1, 0.15) is 24.8 Å². The summed E-state index contributed by atoms with van der Waals surface area (Å²) in [6.45, 7) is 0.376. The molecule has 1 fully saturated rings. The highest BCUT2D eigenvalue weighted by Gasteiger charge is 2.37. The van der Waals surface area contributed by atoms with Crippen molar-refractivity contribution in [2.45, 2.75) is 43.8 Å². The standard InChI is InChI=1S/C19H27N3O5S/c1-28-10-8-15(18(25)22-9-2-3-16(22)19(26)27)21-17(24)14(20)11-12-4-6-13(23)7-5-12/h4-7,14-16,23H,2-3,8-11,20H2,1H3,(H,21,24)(H,26,27)/t14-,15-,16+/m0/s1. The Morgan fingerprint density at radius 3 is 2.61 bits per heavy atom. The third kappa shape index (κ3) is 5.87. The van der Waals surface area contributed by atoms with Gasteiger partial charge in [-0.1, -0.05) is 12.1 Å². The first kappa shape index (κ1) is 22.0. The molecule has 0 saturated carbocycles. The average Bonchev–Trinajstić information content (AvgIpc) is 3.16. The van der Waals surface area contributed by atoms with E-state index in [-0.39, 0.29) is 18.1 Å². The maximum atomic E-state index is 12.9. The number of likely N-dealkylation sites (tertiary alicyclic amines) is 1. The van der Waals surface area contributed by atoms with Crippen LogP contribution in [0.25, 0.3) is 0 Å². The van der Waals surface area contributed by atoms with Crippen molar-refractivity contribution < 1.29 is 24.6 Å². The number of carboxylic acid groups (broad SMARTS) is 1. The van der Waals surface area contributed by atoms with Crippen LogP contribution in [0.5, 0.6) is 5.75 Å². The van der Waals surface area contributed by atoms with Crippen LogP contribution < -0.4 is 11.1 Å². The average molecular weight is 410 g/mol. The second kappa shape index (κ2) is 10.3. The molecule has 2 amide bonds. The maximum absolute atomic E-state index is 12.9. The summed E-state index contributed by atoms with van der Waals surface area (Å²) in [4.78, 5) is 38.2. The highest BCUT2D eigenvalue weighted by molar-refractivity contribution is 7.98. The van der Waals surface area contributed by atoms with Crippen LogP contribution in [-0.2, 0) is 20.8 Å². The van der Waals surface area contributed by atoms with E-state index >= 15 is 0 Å². The third-order valence-corrected chi connectivity index (χ3v) is 5.42. The zero-order valence-corrected chi connectivity index (χ0v) is 16.7. The fourth-order valence-corrected chi connectivity index (χ4v) is 3.71. The van der Waals surface area contributed by atoms with E-state index in [4.69, 9.17) is 5.73 Å². The van der Waals surface area contributed by atoms with Crippen molar-refractivity contribution in [1.82, 2.24) is 10.2 Å². The minimum atomic E-state index is -1.02. The topological polar surface area (TPSA) is 133 Å². The van der Waals surface area contributed by atoms with Gasteiger partial charge in [0.25, 0.3) is 0 Å². The van der Waals surface area contributed by atoms with Crippen molar-refractivity contribution in [2.24, 2.45) is 5.73 Å². The molecule has 0 aromatic heterocycles. The third-order valence-electron chi connectivity index (χ3n) is 4.77. The molecule has 3 atom stereocenters. The van der Waals surface area contributed by atoms with E-state index in [9.17, 15) is 24.6 Å². The second-order valence-electron chi connectivity index (χ2n) is 6.85. The Balaban J connectivity index is 2.03. The first-order valence-electron chi connectivity index (χ1n) is 9.19. The number of aliphatic carboxylic acids is 1. The number of phenols is 1. The molecule has 1 aromatic rings. The summed E-state index contributed by atoms with van der Waals surface area (Å²) in [5, 5.41) is 21.4. The van der Waals surface area contributed by atoms with E-state index in [1.807, 2.05) is 6.26 Å². The van der Waals surface area contributed by atoms with Crippen LogP contribution in [0.3, 0.4) is 0 Å². The zero-order chi connectivity index (χ0) is 20.7. The van der Waals surface area contributed by atoms with Gasteiger partial charge in [0.2, 0.25) is 11.8 Å². The molecule has 1 saturated heterocycles. The SMILES string of the molecule is CSCC[C@H](NC(=O)[C@@H](N)Cc1ccc(O)cc1)C(=O)N1CCC[C@@H]1C(=O)O. The molecule has 8 nitrogen and oxygen atoms in total. The number of aromatic hydroxyl groups is 1. The number of amides is 2. The smallest absolute Gasteiger partial charge is 0.326 e. The number of carbonyl (C=O) groups excluding carboxylic acids is 2. The number of phenolic OH excluding ortho intramolecular Hbond substituents is 1. The van der Waals surface area contributed by atoms with Gasteiger partial charge < -0.3 is 26.2 Å². The minimum absolute atomic E-state index is 0.128. The van der Waals surface area contributed by atoms with E-state index in [0.717, 1.165) is 5.56 Å². The molecule has 0 bridgehead atoms. The molecule has 0 aliphatic carbocycles. The fourth-order valence-electron chi connectivity index (χ4n) is 3.24. The Bertz CT molecular complexity index is 697. The Hall–Kier alpha value is -2.26. The Kier molecular flexibility index (Phi) is 8.13. The summed E-state index contributed by atoms with van der Waals surface area (Å²) >= 11 is 1.54. The molecule has 0 spiro atoms. The van der Waals surface area contributed by atoms with E-state index in [1.165, 1.54) is 17.0 Å². The van der Waals surface area contributed by atoms with Crippen LogP contribution >= 0.6 is 11.8 Å². The van der Waals surface area contributed by atoms with Crippen LogP contribution in [0.4, 0.5) is 0 Å². The molecule has 1 aliphatic rings. The van der Waals surface area contributed by atoms with Crippen LogP contribution in [0.15, 0.2) is 24.3 Å². The van der Waals surface area contributed by atoms with E-state index in [0.29, 0.717) is 31.6 Å². The molecule has 0 radical (unpaired) electrons. The summed E-state index contributed by atoms with van der Waals surface area (Å²) in [5.41, 5.74) is 6.78. The van der Waals surface area contributed by atoms with Crippen molar-refractivity contribution >= 4 is 29.5 Å². The van der Waals surface area contributed by atoms with Crippen molar-refractivity contribution in [2.75, 3.05) is 18.6 Å². The lowest BCUT2D eigenvalue weighted by atomic mass is 10.0. The van der Waals surface area contributed by atoms with Crippen molar-refractivity contribution in [1.29, 1.82) is 0 Å². The molecule has 28 heavy (non-hydrogen) atoms. The van der Waals surface area contributed by atoms with Crippen molar-refractivity contribution in [3.8, 4) is 5.75 Å². The lowest BCUT2D eigenvalue weighted by molar-refractivity contribution is -0.149. The van der Waals surface area contributed by atoms with Gasteiger partial charge in [0.15, 0.2) is 0 Å². The Morgan fingerprint density at radius 1 is 1.32 bits per heavy atom. The first-order chi connectivity index (χ1) is 13.3. The number of thioether (sulfide) groups is 1. The lowest BCUT2D eigenvalue weighted by Crippen LogP contribution is -2.55. The van der Waals surface area contributed by atoms with E-state index in [2.05, 4.69) is 5.32 Å². The first-order valence-corrected chi connectivity index (χ1v) is 10.6. The van der Waals surface area contributed by atoms with Crippen molar-refractivity contribution in [3.63, 3.8) is 0 Å². The molecule has 1 heterocycles. The molecule has 1 aliphatic heterocycles. The number of nitrogens with two attached hydrogens (primary N) is 1. The summed E-state index contributed by atoms with van der Waals surface area (Å²) in [6, 6.07) is 3.90. The number of nitrogens with zero attached hydrogens (tertiary/aromatic N) is 1. The Labute approximate surface area is 168 Å². The number of hydrogen-bond acceptors (Lipinski definition) is 6. The molecule has 9 heteroatoms. The van der Waals surface area contributed by atoms with Gasteiger partial charge in [0.05, 0.1) is 6.04 Å². The van der Waals surface area contributed by atoms with Gasteiger partial charge in [-0.3, -0.25) is 9.59 Å². The summed E-state index contributed by atoms with van der Waals surface area (Å²) in [6.07, 6.45) is 3.62. The monoisotopic (exact) mass is 409 g/mol. The normalized spacial score (nSPS) is 18.5. The van der Waals surface area contributed by atoms with Gasteiger partial charge in [-0.05, 0) is 55.4 Å². The molecule has 2 rings (SSSR count). The van der Waals surface area contributed by atoms with E-state index < -0.39 is 30.0 Å². The number of carboxylic acids is 1. The highest BCUT2D eigenvalue weighted by Crippen LogP contribution is 2.20. The molecule has 1 aromatic carbocycles. The number of rotatable bonds is 9. The lowest BCUT2D eigenvalue weighted by Gasteiger charge is -2.28. The number of hydrogen-bond donors (Lipinski definition) is 4. The summed E-state index contributed by atoms with van der Waals surface area (Å²) in [5.74, 6) is -1.08. The van der Waals surface area contributed by atoms with Gasteiger partial charge in [-0.2, -0.15) is 11.8 Å². The molecular formula is C19H27N3O5S. The molecule has 5 N–H and O–H groups in total. The zero-order valence-electron chi connectivity index (χ0n) is 15.8. The second-order valence-corrected chi connectivity index (χ2v) is 7.83. The predicted molar refractivity (Wildman–Crippen MR) is 107 cm³/mol.